The van der Waals surface area contributed by atoms with Gasteiger partial charge in [0.2, 0.25) is 0 Å². The van der Waals surface area contributed by atoms with E-state index in [0.29, 0.717) is 25.2 Å². The highest BCUT2D eigenvalue weighted by Crippen LogP contribution is 2.48. The number of allylic oxidation sites excluding steroid dienone is 4. The normalized spacial score (nSPS) is 22.4. The SMILES string of the molecule is CCOC(=O)C1(C(=O)OCC)CCC2C=C(C(C)C)OC(C)=C2C1. The number of rotatable bonds is 5. The van der Waals surface area contributed by atoms with Gasteiger partial charge in [-0.1, -0.05) is 13.8 Å². The van der Waals surface area contributed by atoms with Gasteiger partial charge in [-0.2, -0.15) is 0 Å². The van der Waals surface area contributed by atoms with Crippen LogP contribution in [0.4, 0.5) is 0 Å². The van der Waals surface area contributed by atoms with Crippen LogP contribution in [0, 0.1) is 17.3 Å². The van der Waals surface area contributed by atoms with Crippen molar-refractivity contribution in [2.75, 3.05) is 13.2 Å². The quantitative estimate of drug-likeness (QED) is 0.565. The van der Waals surface area contributed by atoms with Gasteiger partial charge in [0, 0.05) is 11.8 Å². The summed E-state index contributed by atoms with van der Waals surface area (Å²) in [7, 11) is 0. The van der Waals surface area contributed by atoms with Crippen molar-refractivity contribution in [1.29, 1.82) is 0 Å². The molecule has 0 bridgehead atoms. The van der Waals surface area contributed by atoms with Crippen LogP contribution in [0.2, 0.25) is 0 Å². The first-order valence-electron chi connectivity index (χ1n) is 8.79. The van der Waals surface area contributed by atoms with E-state index in [4.69, 9.17) is 14.2 Å². The van der Waals surface area contributed by atoms with Crippen LogP contribution in [0.25, 0.3) is 0 Å². The van der Waals surface area contributed by atoms with Crippen LogP contribution in [-0.2, 0) is 23.8 Å². The van der Waals surface area contributed by atoms with Crippen molar-refractivity contribution in [3.63, 3.8) is 0 Å². The number of hydrogen-bond donors (Lipinski definition) is 0. The second-order valence-corrected chi connectivity index (χ2v) is 6.75. The highest BCUT2D eigenvalue weighted by atomic mass is 16.6. The van der Waals surface area contributed by atoms with E-state index in [2.05, 4.69) is 19.9 Å². The predicted octanol–water partition coefficient (Wildman–Crippen LogP) is 3.74. The molecule has 1 aliphatic heterocycles. The number of carbonyl (C=O) groups is 2. The zero-order valence-corrected chi connectivity index (χ0v) is 15.3. The first-order valence-corrected chi connectivity index (χ1v) is 8.79. The highest BCUT2D eigenvalue weighted by molar-refractivity contribution is 6.00. The average Bonchev–Trinajstić information content (AvgIpc) is 2.54. The molecule has 1 saturated carbocycles. The summed E-state index contributed by atoms with van der Waals surface area (Å²) in [6, 6.07) is 0. The molecule has 5 heteroatoms. The monoisotopic (exact) mass is 336 g/mol. The minimum Gasteiger partial charge on any atom is -0.466 e. The standard InChI is InChI=1S/C19H28O5/c1-6-22-17(20)19(18(21)23-7-2)9-8-14-10-16(12(3)4)24-13(5)15(14)11-19/h10,12,14H,6-9,11H2,1-5H3. The van der Waals surface area contributed by atoms with Crippen LogP contribution < -0.4 is 0 Å². The maximum atomic E-state index is 12.6. The maximum absolute atomic E-state index is 12.6. The zero-order chi connectivity index (χ0) is 17.9. The summed E-state index contributed by atoms with van der Waals surface area (Å²) in [5.74, 6) is 1.31. The van der Waals surface area contributed by atoms with Gasteiger partial charge in [-0.3, -0.25) is 9.59 Å². The molecule has 2 rings (SSSR count). The molecule has 0 radical (unpaired) electrons. The summed E-state index contributed by atoms with van der Waals surface area (Å²) in [5, 5.41) is 0. The number of fused-ring (bicyclic) bond motifs is 1. The molecule has 134 valence electrons. The average molecular weight is 336 g/mol. The Morgan fingerprint density at radius 3 is 2.33 bits per heavy atom. The molecule has 0 aromatic carbocycles. The Hall–Kier alpha value is -1.78. The summed E-state index contributed by atoms with van der Waals surface area (Å²) in [4.78, 5) is 25.2. The molecule has 1 heterocycles. The van der Waals surface area contributed by atoms with E-state index in [1.165, 1.54) is 0 Å². The summed E-state index contributed by atoms with van der Waals surface area (Å²) >= 11 is 0. The molecule has 0 saturated heterocycles. The Labute approximate surface area is 144 Å². The topological polar surface area (TPSA) is 61.8 Å². The molecule has 0 aromatic heterocycles. The van der Waals surface area contributed by atoms with E-state index in [0.717, 1.165) is 17.1 Å². The Kier molecular flexibility index (Phi) is 5.73. The zero-order valence-electron chi connectivity index (χ0n) is 15.3. The van der Waals surface area contributed by atoms with Gasteiger partial charge in [-0.15, -0.1) is 0 Å². The first kappa shape index (κ1) is 18.6. The lowest BCUT2D eigenvalue weighted by atomic mass is 9.66. The molecule has 1 unspecified atom stereocenters. The number of hydrogen-bond acceptors (Lipinski definition) is 5. The number of ether oxygens (including phenoxy) is 3. The minimum atomic E-state index is -1.24. The summed E-state index contributed by atoms with van der Waals surface area (Å²) in [6.45, 7) is 10.1. The molecule has 1 fully saturated rings. The van der Waals surface area contributed by atoms with Crippen LogP contribution in [0.3, 0.4) is 0 Å². The smallest absolute Gasteiger partial charge is 0.323 e. The fraction of sp³-hybridized carbons (Fsp3) is 0.684. The van der Waals surface area contributed by atoms with Gasteiger partial charge in [-0.25, -0.2) is 0 Å². The van der Waals surface area contributed by atoms with E-state index in [1.54, 1.807) is 13.8 Å². The highest BCUT2D eigenvalue weighted by Gasteiger charge is 2.53. The molecule has 5 nitrogen and oxygen atoms in total. The minimum absolute atomic E-state index is 0.216. The molecule has 1 aliphatic carbocycles. The van der Waals surface area contributed by atoms with Crippen LogP contribution in [0.15, 0.2) is 23.2 Å². The molecular formula is C19H28O5. The Morgan fingerprint density at radius 1 is 1.25 bits per heavy atom. The number of carbonyl (C=O) groups excluding carboxylic acids is 2. The van der Waals surface area contributed by atoms with Crippen molar-refractivity contribution in [3.8, 4) is 0 Å². The summed E-state index contributed by atoms with van der Waals surface area (Å²) in [5.41, 5.74) is -0.238. The summed E-state index contributed by atoms with van der Waals surface area (Å²) in [6.07, 6.45) is 3.59. The largest absolute Gasteiger partial charge is 0.466 e. The van der Waals surface area contributed by atoms with Crippen molar-refractivity contribution in [2.45, 2.75) is 53.9 Å². The molecular weight excluding hydrogens is 308 g/mol. The molecule has 2 aliphatic rings. The molecule has 0 spiro atoms. The molecule has 0 amide bonds. The Balaban J connectivity index is 2.34. The predicted molar refractivity (Wildman–Crippen MR) is 89.7 cm³/mol. The van der Waals surface area contributed by atoms with E-state index in [-0.39, 0.29) is 19.1 Å². The lowest BCUT2D eigenvalue weighted by molar-refractivity contribution is -0.174. The van der Waals surface area contributed by atoms with Crippen LogP contribution in [0.5, 0.6) is 0 Å². The van der Waals surface area contributed by atoms with Crippen LogP contribution in [0.1, 0.15) is 53.9 Å². The Bertz CT molecular complexity index is 552. The van der Waals surface area contributed by atoms with Gasteiger partial charge in [0.25, 0.3) is 0 Å². The van der Waals surface area contributed by atoms with Crippen LogP contribution in [-0.4, -0.2) is 25.2 Å². The third-order valence-corrected chi connectivity index (χ3v) is 4.81. The molecule has 0 N–H and O–H groups in total. The summed E-state index contributed by atoms with van der Waals surface area (Å²) < 4.78 is 16.3. The molecule has 0 aromatic rings. The van der Waals surface area contributed by atoms with Gasteiger partial charge in [0.15, 0.2) is 5.41 Å². The van der Waals surface area contributed by atoms with Gasteiger partial charge in [0.05, 0.1) is 13.2 Å². The van der Waals surface area contributed by atoms with Crippen molar-refractivity contribution >= 4 is 11.9 Å². The lowest BCUT2D eigenvalue weighted by Gasteiger charge is -2.39. The van der Waals surface area contributed by atoms with Gasteiger partial charge in [0.1, 0.15) is 11.5 Å². The van der Waals surface area contributed by atoms with E-state index < -0.39 is 17.4 Å². The van der Waals surface area contributed by atoms with E-state index >= 15 is 0 Å². The fourth-order valence-corrected chi connectivity index (χ4v) is 3.45. The van der Waals surface area contributed by atoms with Crippen molar-refractivity contribution in [2.24, 2.45) is 17.3 Å². The third kappa shape index (κ3) is 3.35. The number of esters is 2. The Morgan fingerprint density at radius 2 is 1.83 bits per heavy atom. The van der Waals surface area contributed by atoms with Crippen molar-refractivity contribution < 1.29 is 23.8 Å². The van der Waals surface area contributed by atoms with Crippen molar-refractivity contribution in [3.05, 3.63) is 23.2 Å². The first-order chi connectivity index (χ1) is 11.4. The lowest BCUT2D eigenvalue weighted by Crippen LogP contribution is -2.46. The van der Waals surface area contributed by atoms with Crippen LogP contribution >= 0.6 is 0 Å². The third-order valence-electron chi connectivity index (χ3n) is 4.81. The maximum Gasteiger partial charge on any atom is 0.323 e. The molecule has 1 atom stereocenters. The van der Waals surface area contributed by atoms with Gasteiger partial charge < -0.3 is 14.2 Å². The van der Waals surface area contributed by atoms with E-state index in [9.17, 15) is 9.59 Å². The fourth-order valence-electron chi connectivity index (χ4n) is 3.45. The van der Waals surface area contributed by atoms with Crippen molar-refractivity contribution in [1.82, 2.24) is 0 Å². The second kappa shape index (κ2) is 7.41. The second-order valence-electron chi connectivity index (χ2n) is 6.75. The van der Waals surface area contributed by atoms with Gasteiger partial charge >= 0.3 is 11.9 Å². The molecule has 24 heavy (non-hydrogen) atoms. The van der Waals surface area contributed by atoms with E-state index in [1.807, 2.05) is 6.92 Å². The van der Waals surface area contributed by atoms with Gasteiger partial charge in [-0.05, 0) is 51.7 Å².